The molecule has 0 radical (unpaired) electrons. The molecule has 0 bridgehead atoms. The van der Waals surface area contributed by atoms with Crippen LogP contribution < -0.4 is 10.4 Å². The van der Waals surface area contributed by atoms with Gasteiger partial charge in [-0.05, 0) is 38.1 Å². The van der Waals surface area contributed by atoms with Crippen LogP contribution in [-0.2, 0) is 16.6 Å². The second-order valence-electron chi connectivity index (χ2n) is 5.42. The Morgan fingerprint density at radius 2 is 1.75 bits per heavy atom. The summed E-state index contributed by atoms with van der Waals surface area (Å²) < 4.78 is 29.2. The van der Waals surface area contributed by atoms with Crippen molar-refractivity contribution in [1.82, 2.24) is 9.55 Å². The van der Waals surface area contributed by atoms with Gasteiger partial charge in [-0.1, -0.05) is 29.8 Å². The van der Waals surface area contributed by atoms with Crippen LogP contribution in [0.4, 0.5) is 5.82 Å². The molecular formula is C17H17N3O3S. The van der Waals surface area contributed by atoms with Crippen LogP contribution in [-0.4, -0.2) is 18.0 Å². The molecule has 2 aromatic carbocycles. The molecule has 3 aromatic rings. The van der Waals surface area contributed by atoms with Gasteiger partial charge >= 0.3 is 5.69 Å². The molecule has 0 saturated heterocycles. The topological polar surface area (TPSA) is 81.1 Å². The number of aryl methyl sites for hydroxylation is 1. The van der Waals surface area contributed by atoms with Crippen molar-refractivity contribution in [3.63, 3.8) is 0 Å². The molecule has 0 saturated carbocycles. The number of hydrogen-bond donors (Lipinski definition) is 1. The van der Waals surface area contributed by atoms with Crippen molar-refractivity contribution in [2.75, 3.05) is 4.72 Å². The van der Waals surface area contributed by atoms with Crippen LogP contribution in [0.15, 0.2) is 58.2 Å². The van der Waals surface area contributed by atoms with Gasteiger partial charge in [-0.2, -0.15) is 4.98 Å². The number of rotatable bonds is 4. The molecule has 7 heteroatoms. The first-order valence-electron chi connectivity index (χ1n) is 7.51. The van der Waals surface area contributed by atoms with Crippen LogP contribution in [0.2, 0.25) is 0 Å². The molecule has 6 nitrogen and oxygen atoms in total. The summed E-state index contributed by atoms with van der Waals surface area (Å²) >= 11 is 0. The summed E-state index contributed by atoms with van der Waals surface area (Å²) in [5, 5.41) is 0.578. The van der Waals surface area contributed by atoms with Gasteiger partial charge in [0.1, 0.15) is 5.82 Å². The van der Waals surface area contributed by atoms with Crippen molar-refractivity contribution in [2.24, 2.45) is 0 Å². The number of fused-ring (bicyclic) bond motifs is 1. The van der Waals surface area contributed by atoms with E-state index in [-0.39, 0.29) is 10.7 Å². The fourth-order valence-corrected chi connectivity index (χ4v) is 3.57. The Hall–Kier alpha value is -2.67. The highest BCUT2D eigenvalue weighted by Crippen LogP contribution is 2.23. The molecule has 1 aromatic heterocycles. The molecule has 3 rings (SSSR count). The van der Waals surface area contributed by atoms with Crippen LogP contribution in [0, 0.1) is 6.92 Å². The number of sulfonamides is 1. The minimum Gasteiger partial charge on any atom is -0.277 e. The highest BCUT2D eigenvalue weighted by atomic mass is 32.2. The lowest BCUT2D eigenvalue weighted by Crippen LogP contribution is -2.27. The highest BCUT2D eigenvalue weighted by Gasteiger charge is 2.19. The summed E-state index contributed by atoms with van der Waals surface area (Å²) in [6.45, 7) is 3.96. The van der Waals surface area contributed by atoms with Crippen molar-refractivity contribution in [2.45, 2.75) is 25.3 Å². The molecule has 1 N–H and O–H groups in total. The van der Waals surface area contributed by atoms with E-state index in [2.05, 4.69) is 9.71 Å². The maximum atomic E-state index is 12.7. The van der Waals surface area contributed by atoms with Crippen LogP contribution in [0.3, 0.4) is 0 Å². The molecule has 0 aliphatic heterocycles. The van der Waals surface area contributed by atoms with Gasteiger partial charge < -0.3 is 0 Å². The van der Waals surface area contributed by atoms with Crippen molar-refractivity contribution >= 4 is 26.7 Å². The van der Waals surface area contributed by atoms with Crippen LogP contribution >= 0.6 is 0 Å². The van der Waals surface area contributed by atoms with Gasteiger partial charge in [-0.15, -0.1) is 0 Å². The average molecular weight is 343 g/mol. The zero-order valence-corrected chi connectivity index (χ0v) is 14.2. The van der Waals surface area contributed by atoms with E-state index in [1.807, 2.05) is 6.92 Å². The van der Waals surface area contributed by atoms with Crippen molar-refractivity contribution in [1.29, 1.82) is 0 Å². The third kappa shape index (κ3) is 2.90. The predicted molar refractivity (Wildman–Crippen MR) is 93.7 cm³/mol. The summed E-state index contributed by atoms with van der Waals surface area (Å²) in [4.78, 5) is 16.3. The number of nitrogens with zero attached hydrogens (tertiary/aromatic N) is 2. The maximum absolute atomic E-state index is 12.7. The van der Waals surface area contributed by atoms with Gasteiger partial charge in [0, 0.05) is 11.9 Å². The van der Waals surface area contributed by atoms with E-state index in [9.17, 15) is 13.2 Å². The van der Waals surface area contributed by atoms with E-state index in [1.165, 1.54) is 16.7 Å². The molecule has 1 heterocycles. The Labute approximate surface area is 139 Å². The lowest BCUT2D eigenvalue weighted by atomic mass is 10.2. The normalized spacial score (nSPS) is 11.6. The number of nitrogens with one attached hydrogen (secondary N) is 1. The molecule has 24 heavy (non-hydrogen) atoms. The molecule has 0 fully saturated rings. The first-order chi connectivity index (χ1) is 11.4. The van der Waals surface area contributed by atoms with Gasteiger partial charge in [0.2, 0.25) is 0 Å². The van der Waals surface area contributed by atoms with E-state index in [0.717, 1.165) is 5.56 Å². The summed E-state index contributed by atoms with van der Waals surface area (Å²) in [7, 11) is -3.81. The third-order valence-electron chi connectivity index (χ3n) is 3.75. The van der Waals surface area contributed by atoms with E-state index in [1.54, 1.807) is 43.3 Å². The standard InChI is InChI=1S/C17H17N3O3S/c1-3-20-16(14-6-4-5-7-15(14)18-17(20)21)19-24(22,23)13-10-8-12(2)9-11-13/h4-11,19H,3H2,1-2H3. The summed E-state index contributed by atoms with van der Waals surface area (Å²) in [5.74, 6) is 0.230. The second kappa shape index (κ2) is 6.09. The number of aromatic nitrogens is 2. The number of hydrogen-bond acceptors (Lipinski definition) is 4. The minimum absolute atomic E-state index is 0.143. The summed E-state index contributed by atoms with van der Waals surface area (Å²) in [5.41, 5.74) is 0.931. The fourth-order valence-electron chi connectivity index (χ4n) is 2.48. The molecule has 0 spiro atoms. The monoisotopic (exact) mass is 343 g/mol. The Morgan fingerprint density at radius 3 is 2.42 bits per heavy atom. The quantitative estimate of drug-likeness (QED) is 0.789. The molecule has 0 aliphatic carbocycles. The zero-order valence-electron chi connectivity index (χ0n) is 13.4. The zero-order chi connectivity index (χ0) is 17.3. The molecule has 0 aliphatic rings. The van der Waals surface area contributed by atoms with E-state index in [4.69, 9.17) is 0 Å². The SMILES string of the molecule is CCn1c(NS(=O)(=O)c2ccc(C)cc2)c2ccccc2nc1=O. The Balaban J connectivity index is 2.19. The predicted octanol–water partition coefficient (Wildman–Crippen LogP) is 2.53. The van der Waals surface area contributed by atoms with Gasteiger partial charge in [-0.25, -0.2) is 13.2 Å². The molecular weight excluding hydrogens is 326 g/mol. The van der Waals surface area contributed by atoms with Crippen LogP contribution in [0.1, 0.15) is 12.5 Å². The summed E-state index contributed by atoms with van der Waals surface area (Å²) in [6, 6.07) is 13.5. The first-order valence-corrected chi connectivity index (χ1v) is 9.00. The van der Waals surface area contributed by atoms with E-state index < -0.39 is 15.7 Å². The number of benzene rings is 2. The number of para-hydroxylation sites is 1. The third-order valence-corrected chi connectivity index (χ3v) is 5.11. The molecule has 0 unspecified atom stereocenters. The van der Waals surface area contributed by atoms with Crippen LogP contribution in [0.25, 0.3) is 10.9 Å². The Kier molecular flexibility index (Phi) is 4.11. The smallest absolute Gasteiger partial charge is 0.277 e. The average Bonchev–Trinajstić information content (AvgIpc) is 2.55. The molecule has 124 valence electrons. The lowest BCUT2D eigenvalue weighted by molar-refractivity contribution is 0.600. The fraction of sp³-hybridized carbons (Fsp3) is 0.176. The lowest BCUT2D eigenvalue weighted by Gasteiger charge is -2.15. The second-order valence-corrected chi connectivity index (χ2v) is 7.11. The van der Waals surface area contributed by atoms with Gasteiger partial charge in [0.05, 0.1) is 10.4 Å². The Morgan fingerprint density at radius 1 is 1.08 bits per heavy atom. The molecule has 0 amide bonds. The minimum atomic E-state index is -3.81. The molecule has 0 atom stereocenters. The van der Waals surface area contributed by atoms with Crippen molar-refractivity contribution in [3.05, 3.63) is 64.6 Å². The van der Waals surface area contributed by atoms with Gasteiger partial charge in [0.15, 0.2) is 0 Å². The van der Waals surface area contributed by atoms with Crippen molar-refractivity contribution in [3.8, 4) is 0 Å². The van der Waals surface area contributed by atoms with Gasteiger partial charge in [0.25, 0.3) is 10.0 Å². The first kappa shape index (κ1) is 16.2. The largest absolute Gasteiger partial charge is 0.349 e. The maximum Gasteiger partial charge on any atom is 0.349 e. The number of anilines is 1. The summed E-state index contributed by atoms with van der Waals surface area (Å²) in [6.07, 6.45) is 0. The highest BCUT2D eigenvalue weighted by molar-refractivity contribution is 7.92. The van der Waals surface area contributed by atoms with E-state index in [0.29, 0.717) is 17.4 Å². The van der Waals surface area contributed by atoms with Crippen molar-refractivity contribution < 1.29 is 8.42 Å². The van der Waals surface area contributed by atoms with Gasteiger partial charge in [-0.3, -0.25) is 9.29 Å². The van der Waals surface area contributed by atoms with E-state index >= 15 is 0 Å². The Bertz CT molecular complexity index is 1050. The van der Waals surface area contributed by atoms with Crippen LogP contribution in [0.5, 0.6) is 0 Å².